The summed E-state index contributed by atoms with van der Waals surface area (Å²) in [5.74, 6) is 1.38. The average molecular weight is 617 g/mol. The lowest BCUT2D eigenvalue weighted by atomic mass is 9.81. The van der Waals surface area contributed by atoms with Crippen LogP contribution in [-0.4, -0.2) is 82.6 Å². The van der Waals surface area contributed by atoms with E-state index in [0.717, 1.165) is 43.0 Å². The number of hydrogen-bond acceptors (Lipinski definition) is 8. The molecule has 8 nitrogen and oxygen atoms in total. The third-order valence-electron chi connectivity index (χ3n) is 11.8. The molecule has 2 aromatic carbocycles. The van der Waals surface area contributed by atoms with Crippen molar-refractivity contribution in [1.82, 2.24) is 20.2 Å². The molecule has 4 saturated heterocycles. The summed E-state index contributed by atoms with van der Waals surface area (Å²) in [5, 5.41) is 15.5. The summed E-state index contributed by atoms with van der Waals surface area (Å²) in [5.41, 5.74) is 2.38. The Morgan fingerprint density at radius 2 is 1.84 bits per heavy atom. The molecule has 2 N–H and O–H groups in total. The zero-order valence-corrected chi connectivity index (χ0v) is 25.7. The summed E-state index contributed by atoms with van der Waals surface area (Å²) in [7, 11) is 0. The Labute approximate surface area is 262 Å². The van der Waals surface area contributed by atoms with E-state index < -0.39 is 6.17 Å². The minimum Gasteiger partial charge on any atom is -0.508 e. The van der Waals surface area contributed by atoms with E-state index in [4.69, 9.17) is 14.7 Å². The van der Waals surface area contributed by atoms with Gasteiger partial charge < -0.3 is 25.0 Å². The number of rotatable bonds is 5. The highest BCUT2D eigenvalue weighted by Crippen LogP contribution is 2.51. The fourth-order valence-electron chi connectivity index (χ4n) is 9.90. The highest BCUT2D eigenvalue weighted by Gasteiger charge is 2.57. The van der Waals surface area contributed by atoms with Crippen molar-refractivity contribution in [2.45, 2.75) is 94.2 Å². The molecule has 6 aliphatic rings. The molecular weight excluding hydrogens is 574 g/mol. The maximum absolute atomic E-state index is 15.2. The molecule has 45 heavy (non-hydrogen) atoms. The smallest absolute Gasteiger partial charge is 0.318 e. The molecule has 5 fully saturated rings. The van der Waals surface area contributed by atoms with Crippen molar-refractivity contribution in [2.75, 3.05) is 42.6 Å². The average Bonchev–Trinajstić information content (AvgIpc) is 3.65. The van der Waals surface area contributed by atoms with E-state index in [-0.39, 0.29) is 17.1 Å². The first-order chi connectivity index (χ1) is 21.9. The SMILES string of the molecule is Oc1cc(N2CCc3c(nc(OC[C@]45C[C@H](F)CN4[C@H]4CCCC[C@H]4C5)nc3N3CC4CCC(C3)N4)C2)c2c(F)cccc2c1. The number of anilines is 2. The second-order valence-electron chi connectivity index (χ2n) is 14.6. The van der Waals surface area contributed by atoms with Gasteiger partial charge in [-0.15, -0.1) is 0 Å². The number of fused-ring (bicyclic) bond motifs is 7. The van der Waals surface area contributed by atoms with Crippen molar-refractivity contribution in [2.24, 2.45) is 5.92 Å². The first-order valence-corrected chi connectivity index (χ1v) is 17.0. The predicted octanol–water partition coefficient (Wildman–Crippen LogP) is 5.10. The molecule has 2 unspecified atom stereocenters. The second kappa shape index (κ2) is 10.7. The van der Waals surface area contributed by atoms with Gasteiger partial charge in [0.2, 0.25) is 0 Å². The third-order valence-corrected chi connectivity index (χ3v) is 11.8. The topological polar surface area (TPSA) is 77.0 Å². The van der Waals surface area contributed by atoms with Crippen LogP contribution in [-0.2, 0) is 13.0 Å². The van der Waals surface area contributed by atoms with Crippen LogP contribution in [0, 0.1) is 11.7 Å². The number of phenols is 1. The fourth-order valence-corrected chi connectivity index (χ4v) is 9.90. The molecule has 6 atom stereocenters. The van der Waals surface area contributed by atoms with Gasteiger partial charge in [0.25, 0.3) is 0 Å². The van der Waals surface area contributed by atoms with Crippen LogP contribution in [0.5, 0.6) is 11.8 Å². The van der Waals surface area contributed by atoms with Crippen molar-refractivity contribution in [3.05, 3.63) is 47.4 Å². The molecule has 0 amide bonds. The van der Waals surface area contributed by atoms with Crippen molar-refractivity contribution < 1.29 is 18.6 Å². The van der Waals surface area contributed by atoms with E-state index in [0.29, 0.717) is 85.6 Å². The minimum absolute atomic E-state index is 0.112. The first-order valence-electron chi connectivity index (χ1n) is 17.0. The third kappa shape index (κ3) is 4.73. The zero-order valence-electron chi connectivity index (χ0n) is 25.7. The van der Waals surface area contributed by atoms with Gasteiger partial charge in [0.05, 0.1) is 23.5 Å². The van der Waals surface area contributed by atoms with Crippen LogP contribution in [0.3, 0.4) is 0 Å². The van der Waals surface area contributed by atoms with Crippen molar-refractivity contribution >= 4 is 22.3 Å². The minimum atomic E-state index is -0.820. The zero-order chi connectivity index (χ0) is 30.3. The maximum atomic E-state index is 15.2. The fraction of sp³-hybridized carbons (Fsp3) is 0.600. The van der Waals surface area contributed by atoms with Gasteiger partial charge in [0.1, 0.15) is 30.2 Å². The summed E-state index contributed by atoms with van der Waals surface area (Å²) in [6, 6.07) is 9.97. The number of hydrogen-bond donors (Lipinski definition) is 2. The molecule has 9 rings (SSSR count). The lowest BCUT2D eigenvalue weighted by Crippen LogP contribution is -2.52. The number of benzene rings is 2. The van der Waals surface area contributed by atoms with Gasteiger partial charge in [0, 0.05) is 67.7 Å². The quantitative estimate of drug-likeness (QED) is 0.410. The van der Waals surface area contributed by atoms with Crippen molar-refractivity contribution in [3.8, 4) is 11.8 Å². The monoisotopic (exact) mass is 616 g/mol. The maximum Gasteiger partial charge on any atom is 0.318 e. The molecular formula is C35H42F2N6O2. The molecule has 5 aliphatic heterocycles. The molecule has 3 aromatic rings. The van der Waals surface area contributed by atoms with Gasteiger partial charge in [-0.2, -0.15) is 9.97 Å². The van der Waals surface area contributed by atoms with Crippen LogP contribution in [0.25, 0.3) is 10.8 Å². The predicted molar refractivity (Wildman–Crippen MR) is 169 cm³/mol. The number of piperazine rings is 1. The first kappa shape index (κ1) is 28.0. The van der Waals surface area contributed by atoms with E-state index in [1.165, 1.54) is 38.2 Å². The van der Waals surface area contributed by atoms with Gasteiger partial charge in [0.15, 0.2) is 0 Å². The number of nitrogens with zero attached hydrogens (tertiary/aromatic N) is 5. The van der Waals surface area contributed by atoms with Crippen LogP contribution in [0.4, 0.5) is 20.3 Å². The van der Waals surface area contributed by atoms with Gasteiger partial charge in [-0.1, -0.05) is 25.0 Å². The van der Waals surface area contributed by atoms with E-state index >= 15 is 4.39 Å². The second-order valence-corrected chi connectivity index (χ2v) is 14.6. The van der Waals surface area contributed by atoms with Crippen LogP contribution >= 0.6 is 0 Å². The highest BCUT2D eigenvalue weighted by molar-refractivity contribution is 5.96. The molecule has 1 aliphatic carbocycles. The number of ether oxygens (including phenoxy) is 1. The van der Waals surface area contributed by atoms with Crippen LogP contribution in [0.2, 0.25) is 0 Å². The Bertz CT molecular complexity index is 1630. The Balaban J connectivity index is 1.06. The van der Waals surface area contributed by atoms with Crippen LogP contribution in [0.1, 0.15) is 62.6 Å². The van der Waals surface area contributed by atoms with Crippen molar-refractivity contribution in [3.63, 3.8) is 0 Å². The Hall–Kier alpha value is -3.24. The van der Waals surface area contributed by atoms with Gasteiger partial charge in [-0.25, -0.2) is 8.78 Å². The standard InChI is InChI=1S/C35H42F2N6O2/c36-23-15-35(14-22-4-1-2-7-30(22)43(35)16-23)20-45-34-39-29-19-41(31-13-26(44)12-21-5-3-6-28(37)32(21)31)11-10-27(29)33(40-34)42-17-24-8-9-25(18-42)38-24/h3,5-6,12-13,22-25,30,38,44H,1-2,4,7-11,14-20H2/t22-,23-,24?,25?,30-,35-/m0/s1. The number of alkyl halides is 1. The lowest BCUT2D eigenvalue weighted by Gasteiger charge is -2.38. The van der Waals surface area contributed by atoms with Gasteiger partial charge in [-0.05, 0) is 62.0 Å². The van der Waals surface area contributed by atoms with Gasteiger partial charge >= 0.3 is 6.01 Å². The molecule has 10 heteroatoms. The number of aromatic nitrogens is 2. The Kier molecular flexibility index (Phi) is 6.64. The highest BCUT2D eigenvalue weighted by atomic mass is 19.1. The normalized spacial score (nSPS) is 32.5. The van der Waals surface area contributed by atoms with E-state index in [9.17, 15) is 9.50 Å². The Morgan fingerprint density at radius 3 is 2.71 bits per heavy atom. The van der Waals surface area contributed by atoms with Crippen molar-refractivity contribution in [1.29, 1.82) is 0 Å². The lowest BCUT2D eigenvalue weighted by molar-refractivity contribution is 0.0772. The molecule has 238 valence electrons. The van der Waals surface area contributed by atoms with Gasteiger partial charge in [-0.3, -0.25) is 4.90 Å². The summed E-state index contributed by atoms with van der Waals surface area (Å²) < 4.78 is 36.7. The number of halogens is 2. The van der Waals surface area contributed by atoms with Crippen LogP contribution in [0.15, 0.2) is 30.3 Å². The molecule has 0 radical (unpaired) electrons. The van der Waals surface area contributed by atoms with Crippen LogP contribution < -0.4 is 19.9 Å². The summed E-state index contributed by atoms with van der Waals surface area (Å²) in [6.45, 7) is 3.83. The number of aromatic hydroxyl groups is 1. The molecule has 1 saturated carbocycles. The Morgan fingerprint density at radius 1 is 1.00 bits per heavy atom. The molecule has 0 spiro atoms. The van der Waals surface area contributed by atoms with E-state index in [1.54, 1.807) is 18.2 Å². The van der Waals surface area contributed by atoms with E-state index in [1.807, 2.05) is 6.07 Å². The summed E-state index contributed by atoms with van der Waals surface area (Å²) in [4.78, 5) is 17.1. The van der Waals surface area contributed by atoms with E-state index in [2.05, 4.69) is 20.0 Å². The molecule has 6 heterocycles. The summed E-state index contributed by atoms with van der Waals surface area (Å²) >= 11 is 0. The largest absolute Gasteiger partial charge is 0.508 e. The molecule has 2 bridgehead atoms. The number of phenolic OH excluding ortho intramolecular Hbond substituents is 1. The summed E-state index contributed by atoms with van der Waals surface area (Å²) in [6.07, 6.45) is 8.62. The number of nitrogens with one attached hydrogen (secondary N) is 1. The molecule has 1 aromatic heterocycles.